The van der Waals surface area contributed by atoms with Gasteiger partial charge in [-0.05, 0) is 24.3 Å². The first-order valence-electron chi connectivity index (χ1n) is 7.96. The molecule has 0 atom stereocenters. The standard InChI is InChI=1S/C19H15Cl2N3O3/c1-23(17-9-5-4-8-15(17)21)18(25)16-10-11-24(22-16)19(26)27-12-13-6-2-3-7-14(13)20/h2-11H,12H2,1H3. The van der Waals surface area contributed by atoms with Crippen molar-refractivity contribution in [1.82, 2.24) is 9.78 Å². The maximum Gasteiger partial charge on any atom is 0.435 e. The van der Waals surface area contributed by atoms with E-state index in [1.54, 1.807) is 55.6 Å². The van der Waals surface area contributed by atoms with Gasteiger partial charge in [-0.1, -0.05) is 53.5 Å². The fourth-order valence-corrected chi connectivity index (χ4v) is 2.82. The summed E-state index contributed by atoms with van der Waals surface area (Å²) in [6.07, 6.45) is 0.650. The molecule has 0 saturated carbocycles. The van der Waals surface area contributed by atoms with E-state index in [4.69, 9.17) is 27.9 Å². The quantitative estimate of drug-likeness (QED) is 0.635. The summed E-state index contributed by atoms with van der Waals surface area (Å²) in [7, 11) is 1.58. The molecule has 2 aromatic carbocycles. The number of carbonyl (C=O) groups excluding carboxylic acids is 2. The van der Waals surface area contributed by atoms with Crippen molar-refractivity contribution in [1.29, 1.82) is 0 Å². The molecule has 3 rings (SSSR count). The van der Waals surface area contributed by atoms with E-state index in [9.17, 15) is 9.59 Å². The van der Waals surface area contributed by atoms with Gasteiger partial charge in [-0.25, -0.2) is 4.79 Å². The Morgan fingerprint density at radius 3 is 2.41 bits per heavy atom. The minimum Gasteiger partial charge on any atom is -0.443 e. The molecule has 0 aliphatic carbocycles. The second kappa shape index (κ2) is 8.24. The molecule has 1 amide bonds. The van der Waals surface area contributed by atoms with Crippen molar-refractivity contribution in [3.63, 3.8) is 0 Å². The highest BCUT2D eigenvalue weighted by atomic mass is 35.5. The summed E-state index contributed by atoms with van der Waals surface area (Å²) >= 11 is 12.1. The van der Waals surface area contributed by atoms with Crippen LogP contribution in [0.25, 0.3) is 0 Å². The summed E-state index contributed by atoms with van der Waals surface area (Å²) in [6, 6.07) is 15.4. The van der Waals surface area contributed by atoms with Gasteiger partial charge in [-0.3, -0.25) is 4.79 Å². The van der Waals surface area contributed by atoms with E-state index >= 15 is 0 Å². The van der Waals surface area contributed by atoms with Crippen molar-refractivity contribution in [3.05, 3.63) is 82.1 Å². The number of halogens is 2. The first-order chi connectivity index (χ1) is 13.0. The molecule has 3 aromatic rings. The van der Waals surface area contributed by atoms with Crippen molar-refractivity contribution >= 4 is 40.9 Å². The molecular weight excluding hydrogens is 389 g/mol. The number of hydrogen-bond acceptors (Lipinski definition) is 4. The molecule has 8 heteroatoms. The van der Waals surface area contributed by atoms with Crippen LogP contribution < -0.4 is 4.90 Å². The minimum absolute atomic E-state index is 0.00116. The van der Waals surface area contributed by atoms with Crippen LogP contribution in [0.5, 0.6) is 0 Å². The van der Waals surface area contributed by atoms with E-state index in [-0.39, 0.29) is 12.3 Å². The van der Waals surface area contributed by atoms with E-state index in [0.29, 0.717) is 21.3 Å². The molecule has 0 unspecified atom stereocenters. The number of nitrogens with zero attached hydrogens (tertiary/aromatic N) is 3. The Bertz CT molecular complexity index is 988. The minimum atomic E-state index is -0.714. The van der Waals surface area contributed by atoms with Gasteiger partial charge in [0.25, 0.3) is 5.91 Å². The number of hydrogen-bond donors (Lipinski definition) is 0. The Morgan fingerprint density at radius 2 is 1.70 bits per heavy atom. The van der Waals surface area contributed by atoms with Crippen LogP contribution in [-0.2, 0) is 11.3 Å². The summed E-state index contributed by atoms with van der Waals surface area (Å²) < 4.78 is 6.15. The Balaban J connectivity index is 1.68. The molecule has 0 aliphatic heterocycles. The Kier molecular flexibility index (Phi) is 5.78. The SMILES string of the molecule is CN(C(=O)c1ccn(C(=O)OCc2ccccc2Cl)n1)c1ccccc1Cl. The monoisotopic (exact) mass is 403 g/mol. The maximum atomic E-state index is 12.6. The highest BCUT2D eigenvalue weighted by Gasteiger charge is 2.20. The summed E-state index contributed by atoms with van der Waals surface area (Å²) in [5.41, 5.74) is 1.31. The van der Waals surface area contributed by atoms with Crippen molar-refractivity contribution in [2.45, 2.75) is 6.61 Å². The van der Waals surface area contributed by atoms with Crippen LogP contribution >= 0.6 is 23.2 Å². The van der Waals surface area contributed by atoms with E-state index in [2.05, 4.69) is 5.10 Å². The van der Waals surface area contributed by atoms with Crippen LogP contribution in [0.15, 0.2) is 60.8 Å². The van der Waals surface area contributed by atoms with Gasteiger partial charge >= 0.3 is 6.09 Å². The number of amides is 1. The van der Waals surface area contributed by atoms with E-state index < -0.39 is 12.0 Å². The maximum absolute atomic E-state index is 12.6. The van der Waals surface area contributed by atoms with Crippen LogP contribution in [0.1, 0.15) is 16.1 Å². The Labute approximate surface area is 165 Å². The molecule has 0 aliphatic rings. The number of rotatable bonds is 4. The Morgan fingerprint density at radius 1 is 1.04 bits per heavy atom. The molecule has 6 nitrogen and oxygen atoms in total. The summed E-state index contributed by atoms with van der Waals surface area (Å²) in [6.45, 7) is 0.00116. The topological polar surface area (TPSA) is 64.4 Å². The third-order valence-corrected chi connectivity index (χ3v) is 4.51. The number of carbonyl (C=O) groups is 2. The van der Waals surface area contributed by atoms with E-state index in [0.717, 1.165) is 4.68 Å². The average Bonchev–Trinajstić information content (AvgIpc) is 3.16. The largest absolute Gasteiger partial charge is 0.443 e. The lowest BCUT2D eigenvalue weighted by atomic mass is 10.2. The average molecular weight is 404 g/mol. The molecule has 0 bridgehead atoms. The summed E-state index contributed by atoms with van der Waals surface area (Å²) in [5, 5.41) is 4.94. The predicted octanol–water partition coefficient (Wildman–Crippen LogP) is 4.65. The van der Waals surface area contributed by atoms with Gasteiger partial charge < -0.3 is 9.64 Å². The van der Waals surface area contributed by atoms with Crippen LogP contribution in [0.4, 0.5) is 10.5 Å². The normalized spacial score (nSPS) is 10.5. The van der Waals surface area contributed by atoms with Gasteiger partial charge in [0.2, 0.25) is 0 Å². The first kappa shape index (κ1) is 18.9. The summed E-state index contributed by atoms with van der Waals surface area (Å²) in [4.78, 5) is 26.1. The molecular formula is C19H15Cl2N3O3. The third kappa shape index (κ3) is 4.30. The predicted molar refractivity (Wildman–Crippen MR) is 103 cm³/mol. The lowest BCUT2D eigenvalue weighted by Gasteiger charge is -2.17. The van der Waals surface area contributed by atoms with Gasteiger partial charge in [-0.15, -0.1) is 0 Å². The smallest absolute Gasteiger partial charge is 0.435 e. The molecule has 1 heterocycles. The van der Waals surface area contributed by atoms with Crippen molar-refractivity contribution in [3.8, 4) is 0 Å². The van der Waals surface area contributed by atoms with Crippen LogP contribution in [0, 0.1) is 0 Å². The molecule has 0 fully saturated rings. The highest BCUT2D eigenvalue weighted by molar-refractivity contribution is 6.34. The highest BCUT2D eigenvalue weighted by Crippen LogP contribution is 2.25. The molecule has 27 heavy (non-hydrogen) atoms. The van der Waals surface area contributed by atoms with Gasteiger partial charge in [0.05, 0.1) is 10.7 Å². The number of anilines is 1. The molecule has 1 aromatic heterocycles. The Hall–Kier alpha value is -2.83. The van der Waals surface area contributed by atoms with Gasteiger partial charge in [0, 0.05) is 23.8 Å². The second-order valence-electron chi connectivity index (χ2n) is 5.61. The first-order valence-corrected chi connectivity index (χ1v) is 8.72. The number of benzene rings is 2. The third-order valence-electron chi connectivity index (χ3n) is 3.82. The van der Waals surface area contributed by atoms with Gasteiger partial charge in [0.1, 0.15) is 6.61 Å². The van der Waals surface area contributed by atoms with E-state index in [1.165, 1.54) is 17.2 Å². The lowest BCUT2D eigenvalue weighted by molar-refractivity contribution is 0.0987. The fourth-order valence-electron chi connectivity index (χ4n) is 2.37. The molecule has 0 spiro atoms. The number of para-hydroxylation sites is 1. The van der Waals surface area contributed by atoms with Gasteiger partial charge in [0.15, 0.2) is 5.69 Å². The second-order valence-corrected chi connectivity index (χ2v) is 6.42. The molecule has 0 saturated heterocycles. The van der Waals surface area contributed by atoms with Crippen LogP contribution in [0.3, 0.4) is 0 Å². The fraction of sp³-hybridized carbons (Fsp3) is 0.105. The van der Waals surface area contributed by atoms with Crippen molar-refractivity contribution < 1.29 is 14.3 Å². The van der Waals surface area contributed by atoms with Gasteiger partial charge in [-0.2, -0.15) is 9.78 Å². The zero-order valence-electron chi connectivity index (χ0n) is 14.3. The molecule has 0 N–H and O–H groups in total. The number of aromatic nitrogens is 2. The lowest BCUT2D eigenvalue weighted by Crippen LogP contribution is -2.27. The molecule has 138 valence electrons. The van der Waals surface area contributed by atoms with Crippen LogP contribution in [-0.4, -0.2) is 28.8 Å². The van der Waals surface area contributed by atoms with Crippen molar-refractivity contribution in [2.24, 2.45) is 0 Å². The van der Waals surface area contributed by atoms with Crippen molar-refractivity contribution in [2.75, 3.05) is 11.9 Å². The zero-order chi connectivity index (χ0) is 19.4. The van der Waals surface area contributed by atoms with E-state index in [1.807, 2.05) is 0 Å². The summed E-state index contributed by atoms with van der Waals surface area (Å²) in [5.74, 6) is -0.402. The van der Waals surface area contributed by atoms with Crippen LogP contribution in [0.2, 0.25) is 10.0 Å². The zero-order valence-corrected chi connectivity index (χ0v) is 15.8. The molecule has 0 radical (unpaired) electrons. The number of ether oxygens (including phenoxy) is 1.